The molecule has 0 spiro atoms. The van der Waals surface area contributed by atoms with Crippen LogP contribution < -0.4 is 11.1 Å². The minimum atomic E-state index is 0. The first-order valence-electron chi connectivity index (χ1n) is 8.46. The van der Waals surface area contributed by atoms with Crippen LogP contribution in [0.3, 0.4) is 0 Å². The molecule has 2 saturated heterocycles. The molecule has 4 atom stereocenters. The van der Waals surface area contributed by atoms with E-state index in [0.29, 0.717) is 30.1 Å². The zero-order valence-corrected chi connectivity index (χ0v) is 16.4. The average molecular weight is 422 g/mol. The normalized spacial score (nSPS) is 37.3. The predicted molar refractivity (Wildman–Crippen MR) is 101 cm³/mol. The van der Waals surface area contributed by atoms with Crippen molar-refractivity contribution in [2.75, 3.05) is 26.2 Å². The lowest BCUT2D eigenvalue weighted by Gasteiger charge is -2.54. The van der Waals surface area contributed by atoms with Crippen LogP contribution in [0.5, 0.6) is 0 Å². The SMILES string of the molecule is CCN1CCCC1CN=C(N)NC1C2CCOC2C1(C)C.I. The molecule has 3 fully saturated rings. The summed E-state index contributed by atoms with van der Waals surface area (Å²) in [5.41, 5.74) is 6.29. The van der Waals surface area contributed by atoms with Crippen LogP contribution in [-0.4, -0.2) is 55.3 Å². The molecule has 22 heavy (non-hydrogen) atoms. The third-order valence-electron chi connectivity index (χ3n) is 5.78. The van der Waals surface area contributed by atoms with E-state index < -0.39 is 0 Å². The maximum atomic E-state index is 6.13. The summed E-state index contributed by atoms with van der Waals surface area (Å²) in [7, 11) is 0. The second-order valence-corrected chi connectivity index (χ2v) is 7.34. The highest BCUT2D eigenvalue weighted by atomic mass is 127. The zero-order valence-electron chi connectivity index (χ0n) is 14.0. The first kappa shape index (κ1) is 18.3. The van der Waals surface area contributed by atoms with E-state index in [1.54, 1.807) is 0 Å². The second-order valence-electron chi connectivity index (χ2n) is 7.34. The van der Waals surface area contributed by atoms with Gasteiger partial charge in [-0.05, 0) is 32.4 Å². The number of hydrogen-bond donors (Lipinski definition) is 2. The molecule has 1 aliphatic carbocycles. The minimum Gasteiger partial charge on any atom is -0.377 e. The van der Waals surface area contributed by atoms with Crippen molar-refractivity contribution in [1.82, 2.24) is 10.2 Å². The van der Waals surface area contributed by atoms with Crippen LogP contribution in [0.4, 0.5) is 0 Å². The first-order valence-corrected chi connectivity index (χ1v) is 8.46. The monoisotopic (exact) mass is 422 g/mol. The van der Waals surface area contributed by atoms with Crippen molar-refractivity contribution in [3.8, 4) is 0 Å². The Hall–Kier alpha value is -0.0800. The number of fused-ring (bicyclic) bond motifs is 1. The maximum absolute atomic E-state index is 6.13. The molecular weight excluding hydrogens is 391 g/mol. The highest BCUT2D eigenvalue weighted by Crippen LogP contribution is 2.51. The third kappa shape index (κ3) is 3.24. The number of hydrogen-bond acceptors (Lipinski definition) is 3. The summed E-state index contributed by atoms with van der Waals surface area (Å²) < 4.78 is 5.82. The number of nitrogens with one attached hydrogen (secondary N) is 1. The van der Waals surface area contributed by atoms with Crippen molar-refractivity contribution in [2.45, 2.75) is 58.2 Å². The molecule has 128 valence electrons. The number of guanidine groups is 1. The molecule has 2 heterocycles. The molecule has 2 aliphatic heterocycles. The zero-order chi connectivity index (χ0) is 15.0. The van der Waals surface area contributed by atoms with Gasteiger partial charge in [0.25, 0.3) is 0 Å². The largest absolute Gasteiger partial charge is 0.377 e. The number of halogens is 1. The Kier molecular flexibility index (Phi) is 5.99. The summed E-state index contributed by atoms with van der Waals surface area (Å²) in [6.07, 6.45) is 4.08. The van der Waals surface area contributed by atoms with Crippen molar-refractivity contribution in [3.05, 3.63) is 0 Å². The van der Waals surface area contributed by atoms with Gasteiger partial charge in [-0.2, -0.15) is 0 Å². The van der Waals surface area contributed by atoms with Gasteiger partial charge in [0.2, 0.25) is 0 Å². The Morgan fingerprint density at radius 1 is 1.41 bits per heavy atom. The van der Waals surface area contributed by atoms with E-state index in [4.69, 9.17) is 10.5 Å². The van der Waals surface area contributed by atoms with E-state index >= 15 is 0 Å². The molecule has 0 radical (unpaired) electrons. The van der Waals surface area contributed by atoms with E-state index in [2.05, 4.69) is 36.0 Å². The number of likely N-dealkylation sites (N-methyl/N-ethyl adjacent to an activating group) is 1. The molecule has 4 unspecified atom stereocenters. The van der Waals surface area contributed by atoms with Crippen molar-refractivity contribution >= 4 is 29.9 Å². The Labute approximate surface area is 151 Å². The summed E-state index contributed by atoms with van der Waals surface area (Å²) in [4.78, 5) is 7.11. The number of rotatable bonds is 4. The van der Waals surface area contributed by atoms with Gasteiger partial charge in [0.15, 0.2) is 5.96 Å². The molecule has 6 heteroatoms. The molecule has 5 nitrogen and oxygen atoms in total. The number of nitrogens with zero attached hydrogens (tertiary/aromatic N) is 2. The fourth-order valence-corrected chi connectivity index (χ4v) is 4.54. The fourth-order valence-electron chi connectivity index (χ4n) is 4.54. The topological polar surface area (TPSA) is 62.9 Å². The van der Waals surface area contributed by atoms with Crippen molar-refractivity contribution in [3.63, 3.8) is 0 Å². The van der Waals surface area contributed by atoms with E-state index in [0.717, 1.165) is 26.1 Å². The van der Waals surface area contributed by atoms with E-state index in [9.17, 15) is 0 Å². The van der Waals surface area contributed by atoms with Crippen LogP contribution in [-0.2, 0) is 4.74 Å². The van der Waals surface area contributed by atoms with Crippen molar-refractivity contribution in [2.24, 2.45) is 22.1 Å². The van der Waals surface area contributed by atoms with Gasteiger partial charge in [-0.1, -0.05) is 20.8 Å². The summed E-state index contributed by atoms with van der Waals surface area (Å²) in [5, 5.41) is 3.46. The predicted octanol–water partition coefficient (Wildman–Crippen LogP) is 1.81. The maximum Gasteiger partial charge on any atom is 0.188 e. The Morgan fingerprint density at radius 2 is 2.18 bits per heavy atom. The van der Waals surface area contributed by atoms with Gasteiger partial charge >= 0.3 is 0 Å². The van der Waals surface area contributed by atoms with Gasteiger partial charge in [0, 0.05) is 30.0 Å². The minimum absolute atomic E-state index is 0. The third-order valence-corrected chi connectivity index (χ3v) is 5.78. The van der Waals surface area contributed by atoms with Gasteiger partial charge < -0.3 is 15.8 Å². The average Bonchev–Trinajstić information content (AvgIpc) is 3.09. The molecular formula is C16H31IN4O. The lowest BCUT2D eigenvalue weighted by Crippen LogP contribution is -2.67. The quantitative estimate of drug-likeness (QED) is 0.412. The van der Waals surface area contributed by atoms with Gasteiger partial charge in [0.05, 0.1) is 12.6 Å². The Morgan fingerprint density at radius 3 is 2.91 bits per heavy atom. The highest BCUT2D eigenvalue weighted by molar-refractivity contribution is 14.0. The van der Waals surface area contributed by atoms with Crippen LogP contribution in [0.1, 0.15) is 40.0 Å². The van der Waals surface area contributed by atoms with E-state index in [1.807, 2.05) is 0 Å². The molecule has 3 N–H and O–H groups in total. The lowest BCUT2D eigenvalue weighted by atomic mass is 9.57. The molecule has 1 saturated carbocycles. The molecule has 0 amide bonds. The fraction of sp³-hybridized carbons (Fsp3) is 0.938. The molecule has 0 aromatic carbocycles. The number of nitrogens with two attached hydrogens (primary N) is 1. The lowest BCUT2D eigenvalue weighted by molar-refractivity contribution is -0.106. The smallest absolute Gasteiger partial charge is 0.188 e. The summed E-state index contributed by atoms with van der Waals surface area (Å²) in [6, 6.07) is 0.979. The number of aliphatic imine (C=N–C) groups is 1. The van der Waals surface area contributed by atoms with Crippen LogP contribution in [0, 0.1) is 11.3 Å². The number of ether oxygens (including phenoxy) is 1. The van der Waals surface area contributed by atoms with E-state index in [1.165, 1.54) is 19.4 Å². The molecule has 0 bridgehead atoms. The summed E-state index contributed by atoms with van der Waals surface area (Å²) in [6.45, 7) is 10.8. The molecule has 3 aliphatic rings. The Balaban J connectivity index is 0.00000176. The Bertz CT molecular complexity index is 415. The van der Waals surface area contributed by atoms with Gasteiger partial charge in [-0.3, -0.25) is 9.89 Å². The van der Waals surface area contributed by atoms with Gasteiger partial charge in [-0.15, -0.1) is 24.0 Å². The van der Waals surface area contributed by atoms with Gasteiger partial charge in [0.1, 0.15) is 0 Å². The summed E-state index contributed by atoms with van der Waals surface area (Å²) in [5.74, 6) is 1.22. The van der Waals surface area contributed by atoms with Crippen molar-refractivity contribution < 1.29 is 4.74 Å². The number of likely N-dealkylation sites (tertiary alicyclic amines) is 1. The molecule has 3 rings (SSSR count). The second kappa shape index (κ2) is 7.21. The summed E-state index contributed by atoms with van der Waals surface area (Å²) >= 11 is 0. The molecule has 0 aromatic rings. The van der Waals surface area contributed by atoms with E-state index in [-0.39, 0.29) is 29.4 Å². The van der Waals surface area contributed by atoms with Crippen molar-refractivity contribution in [1.29, 1.82) is 0 Å². The van der Waals surface area contributed by atoms with Crippen LogP contribution in [0.15, 0.2) is 4.99 Å². The van der Waals surface area contributed by atoms with Crippen LogP contribution >= 0.6 is 24.0 Å². The molecule has 0 aromatic heterocycles. The van der Waals surface area contributed by atoms with Crippen LogP contribution in [0.25, 0.3) is 0 Å². The standard InChI is InChI=1S/C16H30N4O.HI/c1-4-20-8-5-6-11(20)10-18-15(17)19-13-12-7-9-21-14(12)16(13,2)3;/h11-14H,4-10H2,1-3H3,(H3,17,18,19);1H. The first-order chi connectivity index (χ1) is 10.0. The highest BCUT2D eigenvalue weighted by Gasteiger charge is 2.59. The van der Waals surface area contributed by atoms with Crippen LogP contribution in [0.2, 0.25) is 0 Å². The van der Waals surface area contributed by atoms with Gasteiger partial charge in [-0.25, -0.2) is 0 Å².